The maximum atomic E-state index is 10.4. The van der Waals surface area contributed by atoms with Crippen molar-refractivity contribution in [2.24, 2.45) is 5.73 Å². The summed E-state index contributed by atoms with van der Waals surface area (Å²) >= 11 is 5.04. The van der Waals surface area contributed by atoms with Crippen molar-refractivity contribution in [3.05, 3.63) is 34.3 Å². The van der Waals surface area contributed by atoms with E-state index in [2.05, 4.69) is 15.9 Å². The Bertz CT molecular complexity index is 348. The van der Waals surface area contributed by atoms with Crippen LogP contribution >= 0.6 is 27.7 Å². The van der Waals surface area contributed by atoms with Crippen LogP contribution in [0.5, 0.6) is 0 Å². The number of carbonyl (C=O) groups is 1. The first-order chi connectivity index (χ1) is 7.59. The monoisotopic (exact) mass is 325 g/mol. The van der Waals surface area contributed by atoms with Gasteiger partial charge >= 0.3 is 29.6 Å². The second-order valence-corrected chi connectivity index (χ2v) is 5.41. The number of benzene rings is 1. The summed E-state index contributed by atoms with van der Waals surface area (Å²) in [6.45, 7) is 0. The van der Waals surface area contributed by atoms with Crippen molar-refractivity contribution >= 4 is 33.7 Å². The van der Waals surface area contributed by atoms with Crippen LogP contribution in [0.3, 0.4) is 0 Å². The Morgan fingerprint density at radius 3 is 2.53 bits per heavy atom. The number of aliphatic carboxylic acids is 1. The number of carbonyl (C=O) groups excluding carboxylic acids is 1. The zero-order chi connectivity index (χ0) is 12.0. The van der Waals surface area contributed by atoms with Gasteiger partial charge in [0, 0.05) is 16.3 Å². The van der Waals surface area contributed by atoms with Crippen LogP contribution in [-0.4, -0.2) is 17.8 Å². The molecule has 0 spiro atoms. The van der Waals surface area contributed by atoms with E-state index in [0.29, 0.717) is 6.42 Å². The van der Waals surface area contributed by atoms with Gasteiger partial charge in [-0.25, -0.2) is 0 Å². The first kappa shape index (κ1) is 17.5. The van der Waals surface area contributed by atoms with Gasteiger partial charge in [-0.15, -0.1) is 0 Å². The van der Waals surface area contributed by atoms with E-state index in [9.17, 15) is 9.90 Å². The number of rotatable bonds is 6. The Morgan fingerprint density at radius 1 is 1.41 bits per heavy atom. The molecule has 0 radical (unpaired) electrons. The van der Waals surface area contributed by atoms with Crippen LogP contribution in [0.1, 0.15) is 12.0 Å². The Morgan fingerprint density at radius 2 is 2.00 bits per heavy atom. The SMILES string of the molecule is N[C@@H](CCSCc1ccc(Br)cc1)C(=O)[O-].[Na+]. The molecular weight excluding hydrogens is 313 g/mol. The molecule has 0 fully saturated rings. The normalized spacial score (nSPS) is 11.6. The smallest absolute Gasteiger partial charge is 0.548 e. The summed E-state index contributed by atoms with van der Waals surface area (Å²) in [7, 11) is 0. The van der Waals surface area contributed by atoms with E-state index < -0.39 is 12.0 Å². The average molecular weight is 326 g/mol. The summed E-state index contributed by atoms with van der Waals surface area (Å²) in [5.41, 5.74) is 6.55. The topological polar surface area (TPSA) is 66.2 Å². The second kappa shape index (κ2) is 9.42. The van der Waals surface area contributed by atoms with E-state index in [-0.39, 0.29) is 29.6 Å². The fourth-order valence-electron chi connectivity index (χ4n) is 1.10. The van der Waals surface area contributed by atoms with Crippen molar-refractivity contribution in [2.45, 2.75) is 18.2 Å². The van der Waals surface area contributed by atoms with E-state index in [4.69, 9.17) is 5.73 Å². The van der Waals surface area contributed by atoms with Gasteiger partial charge in [0.05, 0.1) is 5.97 Å². The molecule has 0 aliphatic rings. The summed E-state index contributed by atoms with van der Waals surface area (Å²) in [5, 5.41) is 10.4. The van der Waals surface area contributed by atoms with Crippen LogP contribution in [0, 0.1) is 0 Å². The number of nitrogens with two attached hydrogens (primary N) is 1. The van der Waals surface area contributed by atoms with Crippen LogP contribution in [0.25, 0.3) is 0 Å². The molecule has 0 aliphatic heterocycles. The van der Waals surface area contributed by atoms with Crippen molar-refractivity contribution in [1.82, 2.24) is 0 Å². The second-order valence-electron chi connectivity index (χ2n) is 3.39. The van der Waals surface area contributed by atoms with Gasteiger partial charge in [0.15, 0.2) is 0 Å². The molecular formula is C11H13BrNNaO2S. The molecule has 0 aromatic heterocycles. The van der Waals surface area contributed by atoms with Crippen molar-refractivity contribution in [1.29, 1.82) is 0 Å². The third-order valence-corrected chi connectivity index (χ3v) is 3.65. The van der Waals surface area contributed by atoms with Crippen molar-refractivity contribution in [3.63, 3.8) is 0 Å². The molecule has 1 aromatic rings. The standard InChI is InChI=1S/C11H14BrNO2S.Na/c12-9-3-1-8(2-4-9)7-16-6-5-10(13)11(14)15;/h1-4,10H,5-7,13H2,(H,14,15);/q;+1/p-1/t10-;/m0./s1. The Hall–Kier alpha value is 0.480. The Balaban J connectivity index is 0.00000256. The van der Waals surface area contributed by atoms with Crippen molar-refractivity contribution in [2.75, 3.05) is 5.75 Å². The minimum absolute atomic E-state index is 0. The Kier molecular flexibility index (Phi) is 9.68. The molecule has 1 atom stereocenters. The molecule has 1 rings (SSSR count). The zero-order valence-electron chi connectivity index (χ0n) is 9.69. The predicted molar refractivity (Wildman–Crippen MR) is 67.9 cm³/mol. The maximum Gasteiger partial charge on any atom is 1.00 e. The van der Waals surface area contributed by atoms with E-state index >= 15 is 0 Å². The van der Waals surface area contributed by atoms with Gasteiger partial charge < -0.3 is 15.6 Å². The summed E-state index contributed by atoms with van der Waals surface area (Å²) in [6.07, 6.45) is 0.448. The van der Waals surface area contributed by atoms with Crippen LogP contribution in [0.2, 0.25) is 0 Å². The molecule has 2 N–H and O–H groups in total. The van der Waals surface area contributed by atoms with Crippen molar-refractivity contribution in [3.8, 4) is 0 Å². The van der Waals surface area contributed by atoms with Gasteiger partial charge in [-0.1, -0.05) is 28.1 Å². The molecule has 1 aromatic carbocycles. The fourth-order valence-corrected chi connectivity index (χ4v) is 2.36. The summed E-state index contributed by atoms with van der Waals surface area (Å²) < 4.78 is 1.06. The first-order valence-corrected chi connectivity index (χ1v) is 6.83. The van der Waals surface area contributed by atoms with Crippen LogP contribution in [0.15, 0.2) is 28.7 Å². The number of hydrogen-bond acceptors (Lipinski definition) is 4. The molecule has 0 saturated heterocycles. The van der Waals surface area contributed by atoms with Gasteiger partial charge in [0.1, 0.15) is 0 Å². The molecule has 6 heteroatoms. The molecule has 3 nitrogen and oxygen atoms in total. The molecule has 0 amide bonds. The molecule has 0 aliphatic carbocycles. The molecule has 0 bridgehead atoms. The van der Waals surface area contributed by atoms with Crippen LogP contribution in [0.4, 0.5) is 0 Å². The number of carboxylic acids is 1. The van der Waals surface area contributed by atoms with E-state index in [1.54, 1.807) is 11.8 Å². The zero-order valence-corrected chi connectivity index (χ0v) is 14.1. The van der Waals surface area contributed by atoms with Crippen LogP contribution < -0.4 is 40.4 Å². The first-order valence-electron chi connectivity index (χ1n) is 4.88. The predicted octanol–water partition coefficient (Wildman–Crippen LogP) is -1.85. The number of carboxylic acid groups (broad SMARTS) is 1. The maximum absolute atomic E-state index is 10.4. The summed E-state index contributed by atoms with van der Waals surface area (Å²) in [6, 6.07) is 7.20. The van der Waals surface area contributed by atoms with Gasteiger partial charge in [-0.05, 0) is 29.9 Å². The number of thioether (sulfide) groups is 1. The quantitative estimate of drug-likeness (QED) is 0.493. The Labute approximate surface area is 136 Å². The van der Waals surface area contributed by atoms with Gasteiger partial charge in [0.2, 0.25) is 0 Å². The van der Waals surface area contributed by atoms with Gasteiger partial charge in [-0.2, -0.15) is 11.8 Å². The van der Waals surface area contributed by atoms with Gasteiger partial charge in [-0.3, -0.25) is 0 Å². The number of halogens is 1. The average Bonchev–Trinajstić information content (AvgIpc) is 2.26. The largest absolute Gasteiger partial charge is 1.00 e. The molecule has 0 heterocycles. The molecule has 17 heavy (non-hydrogen) atoms. The summed E-state index contributed by atoms with van der Waals surface area (Å²) in [4.78, 5) is 10.4. The fraction of sp³-hybridized carbons (Fsp3) is 0.364. The summed E-state index contributed by atoms with van der Waals surface area (Å²) in [5.74, 6) is 0.419. The van der Waals surface area contributed by atoms with Crippen molar-refractivity contribution < 1.29 is 39.5 Å². The number of hydrogen-bond donors (Lipinski definition) is 1. The van der Waals surface area contributed by atoms with E-state index in [1.165, 1.54) is 5.56 Å². The third-order valence-electron chi connectivity index (χ3n) is 2.06. The minimum atomic E-state index is -1.18. The molecule has 88 valence electrons. The van der Waals surface area contributed by atoms with E-state index in [1.807, 2.05) is 24.3 Å². The molecule has 0 saturated carbocycles. The minimum Gasteiger partial charge on any atom is -0.548 e. The van der Waals surface area contributed by atoms with Crippen LogP contribution in [-0.2, 0) is 10.5 Å². The third kappa shape index (κ3) is 7.49. The van der Waals surface area contributed by atoms with Gasteiger partial charge in [0.25, 0.3) is 0 Å². The molecule has 0 unspecified atom stereocenters. The van der Waals surface area contributed by atoms with E-state index in [0.717, 1.165) is 16.0 Å².